The molecule has 0 saturated carbocycles. The van der Waals surface area contributed by atoms with E-state index in [9.17, 15) is 19.8 Å². The summed E-state index contributed by atoms with van der Waals surface area (Å²) in [5.41, 5.74) is 12.6. The van der Waals surface area contributed by atoms with Crippen LogP contribution < -0.4 is 21.9 Å². The second-order valence-electron chi connectivity index (χ2n) is 14.6. The maximum atomic E-state index is 13.4. The first-order valence-electron chi connectivity index (χ1n) is 19.1. The van der Waals surface area contributed by atoms with Crippen LogP contribution in [0.2, 0.25) is 0 Å². The van der Waals surface area contributed by atoms with Gasteiger partial charge in [0.05, 0.1) is 11.6 Å². The number of fused-ring (bicyclic) bond motifs is 1. The van der Waals surface area contributed by atoms with Crippen LogP contribution in [0.3, 0.4) is 0 Å². The van der Waals surface area contributed by atoms with E-state index in [4.69, 9.17) is 5.73 Å². The number of amides is 1. The molecule has 1 saturated heterocycles. The molecule has 55 heavy (non-hydrogen) atoms. The van der Waals surface area contributed by atoms with Gasteiger partial charge in [-0.1, -0.05) is 91.0 Å². The van der Waals surface area contributed by atoms with E-state index in [1.807, 2.05) is 60.7 Å². The highest BCUT2D eigenvalue weighted by Gasteiger charge is 2.49. The number of hydrogen-bond acceptors (Lipinski definition) is 7. The van der Waals surface area contributed by atoms with Crippen molar-refractivity contribution in [3.63, 3.8) is 0 Å². The monoisotopic (exact) mass is 735 g/mol. The summed E-state index contributed by atoms with van der Waals surface area (Å²) < 4.78 is 0. The second-order valence-corrected chi connectivity index (χ2v) is 14.6. The number of aromatic amines is 1. The summed E-state index contributed by atoms with van der Waals surface area (Å²) in [6, 6.07) is 43.3. The van der Waals surface area contributed by atoms with Gasteiger partial charge in [0.1, 0.15) is 11.2 Å². The van der Waals surface area contributed by atoms with E-state index in [2.05, 4.69) is 69.0 Å². The number of rotatable bonds is 16. The van der Waals surface area contributed by atoms with E-state index in [0.717, 1.165) is 67.8 Å². The Morgan fingerprint density at radius 2 is 1.44 bits per heavy atom. The highest BCUT2D eigenvalue weighted by molar-refractivity contribution is 5.91. The number of carbonyl (C=O) groups is 1. The van der Waals surface area contributed by atoms with Gasteiger partial charge in [-0.25, -0.2) is 0 Å². The Morgan fingerprint density at radius 3 is 2.05 bits per heavy atom. The topological polar surface area (TPSA) is 144 Å². The standard InChI is InChI=1S/C46H49N5O4/c47-45(55)46(34-9-3-1-4-10-34,35-11-5-2-6-12-35)36-26-29-51(31-36)28-7-8-32-13-17-37(18-14-32)49-38-19-15-33(16-20-38)25-27-48-30-42(53)39-21-23-41(52)44-40(39)22-24-43(54)50-44/h1-6,9-24,36,42,48-49,52-53H,7-8,25-31H2,(H2,47,55)(H,50,54)/t36-,42-/m1/s1. The van der Waals surface area contributed by atoms with Crippen molar-refractivity contribution in [1.82, 2.24) is 15.2 Å². The summed E-state index contributed by atoms with van der Waals surface area (Å²) in [7, 11) is 0. The molecule has 7 rings (SSSR count). The fraction of sp³-hybridized carbons (Fsp3) is 0.261. The quantitative estimate of drug-likeness (QED) is 0.0618. The number of H-pyrrole nitrogens is 1. The van der Waals surface area contributed by atoms with E-state index in [1.54, 1.807) is 12.1 Å². The van der Waals surface area contributed by atoms with Crippen LogP contribution in [0.25, 0.3) is 10.9 Å². The first kappa shape index (κ1) is 37.6. The average molecular weight is 736 g/mol. The first-order chi connectivity index (χ1) is 26.8. The number of nitrogens with one attached hydrogen (secondary N) is 3. The number of anilines is 2. The number of benzene rings is 5. The lowest BCUT2D eigenvalue weighted by Gasteiger charge is -2.37. The van der Waals surface area contributed by atoms with Crippen LogP contribution in [-0.2, 0) is 23.1 Å². The van der Waals surface area contributed by atoms with Crippen LogP contribution >= 0.6 is 0 Å². The number of aryl methyl sites for hydroxylation is 1. The summed E-state index contributed by atoms with van der Waals surface area (Å²) in [5, 5.41) is 28.4. The number of nitrogens with zero attached hydrogens (tertiary/aromatic N) is 1. The molecule has 9 heteroatoms. The van der Waals surface area contributed by atoms with Gasteiger partial charge in [-0.3, -0.25) is 9.59 Å². The molecule has 1 fully saturated rings. The number of aliphatic hydroxyl groups excluding tert-OH is 1. The Labute approximate surface area is 321 Å². The molecule has 1 aliphatic heterocycles. The molecule has 0 aliphatic carbocycles. The van der Waals surface area contributed by atoms with Crippen molar-refractivity contribution in [2.45, 2.75) is 37.2 Å². The molecular formula is C46H49N5O4. The van der Waals surface area contributed by atoms with Gasteiger partial charge >= 0.3 is 0 Å². The summed E-state index contributed by atoms with van der Waals surface area (Å²) in [4.78, 5) is 30.2. The highest BCUT2D eigenvalue weighted by Crippen LogP contribution is 2.43. The predicted molar refractivity (Wildman–Crippen MR) is 220 cm³/mol. The maximum absolute atomic E-state index is 13.4. The zero-order valence-electron chi connectivity index (χ0n) is 31.0. The molecule has 0 bridgehead atoms. The van der Waals surface area contributed by atoms with Crippen LogP contribution in [-0.4, -0.2) is 58.7 Å². The summed E-state index contributed by atoms with van der Waals surface area (Å²) >= 11 is 0. The summed E-state index contributed by atoms with van der Waals surface area (Å²) in [6.07, 6.45) is 2.94. The number of likely N-dealkylation sites (tertiary alicyclic amines) is 1. The van der Waals surface area contributed by atoms with Crippen LogP contribution in [0.1, 0.15) is 46.8 Å². The predicted octanol–water partition coefficient (Wildman–Crippen LogP) is 6.57. The van der Waals surface area contributed by atoms with Crippen molar-refractivity contribution in [1.29, 1.82) is 0 Å². The zero-order valence-corrected chi connectivity index (χ0v) is 31.0. The summed E-state index contributed by atoms with van der Waals surface area (Å²) in [6.45, 7) is 3.78. The number of hydrogen-bond donors (Lipinski definition) is 6. The number of primary amides is 1. The molecule has 5 aromatic carbocycles. The number of nitrogens with two attached hydrogens (primary N) is 1. The van der Waals surface area contributed by atoms with E-state index in [-0.39, 0.29) is 23.1 Å². The van der Waals surface area contributed by atoms with Crippen LogP contribution in [0, 0.1) is 5.92 Å². The van der Waals surface area contributed by atoms with Crippen LogP contribution in [0.15, 0.2) is 138 Å². The van der Waals surface area contributed by atoms with Gasteiger partial charge in [-0.05, 0) is 115 Å². The normalized spacial score (nSPS) is 15.3. The van der Waals surface area contributed by atoms with Crippen molar-refractivity contribution in [3.05, 3.63) is 172 Å². The lowest BCUT2D eigenvalue weighted by atomic mass is 9.64. The van der Waals surface area contributed by atoms with E-state index >= 15 is 0 Å². The Hall–Kier alpha value is -5.74. The lowest BCUT2D eigenvalue weighted by Crippen LogP contribution is -2.49. The van der Waals surface area contributed by atoms with E-state index in [1.165, 1.54) is 23.3 Å². The number of phenols is 1. The van der Waals surface area contributed by atoms with Crippen LogP contribution in [0.4, 0.5) is 11.4 Å². The number of phenolic OH excluding ortho intramolecular Hbond substituents is 1. The maximum Gasteiger partial charge on any atom is 0.248 e. The minimum Gasteiger partial charge on any atom is -0.506 e. The Bertz CT molecular complexity index is 2200. The van der Waals surface area contributed by atoms with Crippen molar-refractivity contribution in [2.75, 3.05) is 38.0 Å². The number of carbonyl (C=O) groups excluding carboxylic acids is 1. The summed E-state index contributed by atoms with van der Waals surface area (Å²) in [5.74, 6) is -0.213. The third kappa shape index (κ3) is 8.49. The molecule has 2 heterocycles. The largest absolute Gasteiger partial charge is 0.506 e. The second kappa shape index (κ2) is 17.2. The number of aromatic nitrogens is 1. The molecule has 0 radical (unpaired) electrons. The minimum atomic E-state index is -0.861. The van der Waals surface area contributed by atoms with Gasteiger partial charge in [0, 0.05) is 35.9 Å². The van der Waals surface area contributed by atoms with Crippen LogP contribution in [0.5, 0.6) is 5.75 Å². The fourth-order valence-corrected chi connectivity index (χ4v) is 8.23. The Balaban J connectivity index is 0.858. The number of aromatic hydroxyl groups is 1. The SMILES string of the molecule is NC(=O)C(c1ccccc1)(c1ccccc1)[C@@H]1CCN(CCCc2ccc(Nc3ccc(CCNC[C@@H](O)c4ccc(O)c5[nH]c(=O)ccc45)cc3)cc2)C1. The van der Waals surface area contributed by atoms with E-state index < -0.39 is 11.5 Å². The Kier molecular flexibility index (Phi) is 11.7. The van der Waals surface area contributed by atoms with Gasteiger partial charge in [-0.2, -0.15) is 0 Å². The molecule has 0 spiro atoms. The molecule has 282 valence electrons. The van der Waals surface area contributed by atoms with Gasteiger partial charge in [0.25, 0.3) is 0 Å². The van der Waals surface area contributed by atoms with Crippen molar-refractivity contribution >= 4 is 28.2 Å². The van der Waals surface area contributed by atoms with Gasteiger partial charge in [0.2, 0.25) is 11.5 Å². The third-order valence-electron chi connectivity index (χ3n) is 11.1. The number of aliphatic hydroxyl groups is 1. The van der Waals surface area contributed by atoms with Crippen molar-refractivity contribution < 1.29 is 15.0 Å². The molecule has 9 nitrogen and oxygen atoms in total. The van der Waals surface area contributed by atoms with Crippen molar-refractivity contribution in [2.24, 2.45) is 11.7 Å². The lowest BCUT2D eigenvalue weighted by molar-refractivity contribution is -0.123. The molecule has 7 N–H and O–H groups in total. The van der Waals surface area contributed by atoms with Crippen molar-refractivity contribution in [3.8, 4) is 5.75 Å². The first-order valence-corrected chi connectivity index (χ1v) is 19.1. The molecule has 2 atom stereocenters. The van der Waals surface area contributed by atoms with Gasteiger partial charge < -0.3 is 36.5 Å². The molecule has 0 unspecified atom stereocenters. The van der Waals surface area contributed by atoms with Gasteiger partial charge in [-0.15, -0.1) is 0 Å². The smallest absolute Gasteiger partial charge is 0.248 e. The average Bonchev–Trinajstić information content (AvgIpc) is 3.68. The fourth-order valence-electron chi connectivity index (χ4n) is 8.23. The molecule has 1 aliphatic rings. The molecule has 6 aromatic rings. The van der Waals surface area contributed by atoms with Gasteiger partial charge in [0.15, 0.2) is 0 Å². The third-order valence-corrected chi connectivity index (χ3v) is 11.1. The highest BCUT2D eigenvalue weighted by atomic mass is 16.3. The Morgan fingerprint density at radius 1 is 0.818 bits per heavy atom. The molecule has 1 aromatic heterocycles. The minimum absolute atomic E-state index is 0.0233. The molecule has 1 amide bonds. The number of pyridine rings is 1. The zero-order chi connectivity index (χ0) is 38.2. The van der Waals surface area contributed by atoms with E-state index in [0.29, 0.717) is 29.6 Å². The molecular weight excluding hydrogens is 687 g/mol.